The van der Waals surface area contributed by atoms with E-state index in [2.05, 4.69) is 50.3 Å². The predicted octanol–water partition coefficient (Wildman–Crippen LogP) is 6.29. The first kappa shape index (κ1) is 25.2. The lowest BCUT2D eigenvalue weighted by Gasteiger charge is -2.42. The zero-order valence-corrected chi connectivity index (χ0v) is 21.2. The molecule has 3 aromatic rings. The van der Waals surface area contributed by atoms with E-state index in [1.54, 1.807) is 12.1 Å². The fourth-order valence-electron chi connectivity index (χ4n) is 4.59. The van der Waals surface area contributed by atoms with Crippen LogP contribution in [0, 0.1) is 0 Å². The molecule has 0 radical (unpaired) electrons. The first-order valence-corrected chi connectivity index (χ1v) is 12.1. The van der Waals surface area contributed by atoms with Crippen molar-refractivity contribution in [1.29, 1.82) is 0 Å². The van der Waals surface area contributed by atoms with Gasteiger partial charge in [-0.05, 0) is 70.7 Å². The number of hydrogen-bond acceptors (Lipinski definition) is 4. The molecule has 0 spiro atoms. The van der Waals surface area contributed by atoms with E-state index in [9.17, 15) is 9.59 Å². The Morgan fingerprint density at radius 1 is 0.861 bits per heavy atom. The van der Waals surface area contributed by atoms with Crippen molar-refractivity contribution in [3.8, 4) is 0 Å². The maximum Gasteiger partial charge on any atom is 0.335 e. The standard InChI is InChI=1S/C30H32N2O4/c1-29(2)16-17-30(3,4)25-18-22(12-15-24(25)29)26(32-36-19-20-8-6-5-7-9-20)27(33)31-23-13-10-21(11-14-23)28(34)35/h5-15,18H,16-17,19H2,1-4H3,(H,31,33)(H,34,35)/b32-26+. The second-order valence-corrected chi connectivity index (χ2v) is 10.6. The van der Waals surface area contributed by atoms with Gasteiger partial charge in [-0.25, -0.2) is 4.79 Å². The van der Waals surface area contributed by atoms with Crippen molar-refractivity contribution in [3.63, 3.8) is 0 Å². The van der Waals surface area contributed by atoms with Gasteiger partial charge in [0.2, 0.25) is 0 Å². The minimum atomic E-state index is -1.02. The number of nitrogens with zero attached hydrogens (tertiary/aromatic N) is 1. The number of carbonyl (C=O) groups excluding carboxylic acids is 1. The Balaban J connectivity index is 1.68. The van der Waals surface area contributed by atoms with Crippen molar-refractivity contribution < 1.29 is 19.5 Å². The number of carboxylic acid groups (broad SMARTS) is 1. The molecule has 0 unspecified atom stereocenters. The van der Waals surface area contributed by atoms with Gasteiger partial charge >= 0.3 is 5.97 Å². The van der Waals surface area contributed by atoms with Crippen molar-refractivity contribution in [3.05, 3.63) is 101 Å². The van der Waals surface area contributed by atoms with Gasteiger partial charge < -0.3 is 15.3 Å². The van der Waals surface area contributed by atoms with Crippen molar-refractivity contribution in [2.24, 2.45) is 5.16 Å². The van der Waals surface area contributed by atoms with Gasteiger partial charge in [0.05, 0.1) is 5.56 Å². The van der Waals surface area contributed by atoms with E-state index >= 15 is 0 Å². The number of fused-ring (bicyclic) bond motifs is 1. The Morgan fingerprint density at radius 2 is 1.47 bits per heavy atom. The van der Waals surface area contributed by atoms with Gasteiger partial charge in [0.1, 0.15) is 6.61 Å². The summed E-state index contributed by atoms with van der Waals surface area (Å²) in [4.78, 5) is 30.2. The number of nitrogens with one attached hydrogen (secondary N) is 1. The summed E-state index contributed by atoms with van der Waals surface area (Å²) in [6.45, 7) is 9.21. The van der Waals surface area contributed by atoms with Crippen molar-refractivity contribution in [2.45, 2.75) is 58.0 Å². The van der Waals surface area contributed by atoms with Crippen molar-refractivity contribution in [1.82, 2.24) is 0 Å². The average molecular weight is 485 g/mol. The number of oxime groups is 1. The summed E-state index contributed by atoms with van der Waals surface area (Å²) in [7, 11) is 0. The third kappa shape index (κ3) is 5.48. The fraction of sp³-hybridized carbons (Fsp3) is 0.300. The van der Waals surface area contributed by atoms with Gasteiger partial charge in [-0.2, -0.15) is 0 Å². The molecule has 2 N–H and O–H groups in total. The van der Waals surface area contributed by atoms with Gasteiger partial charge in [0.15, 0.2) is 5.71 Å². The summed E-state index contributed by atoms with van der Waals surface area (Å²) in [6.07, 6.45) is 2.15. The third-order valence-electron chi connectivity index (χ3n) is 6.96. The van der Waals surface area contributed by atoms with Crippen molar-refractivity contribution >= 4 is 23.3 Å². The van der Waals surface area contributed by atoms with E-state index in [4.69, 9.17) is 9.94 Å². The second kappa shape index (κ2) is 9.97. The van der Waals surface area contributed by atoms with Gasteiger partial charge in [-0.3, -0.25) is 4.79 Å². The zero-order valence-electron chi connectivity index (χ0n) is 21.2. The van der Waals surface area contributed by atoms with Crippen LogP contribution in [0.4, 0.5) is 5.69 Å². The first-order valence-electron chi connectivity index (χ1n) is 12.1. The molecule has 0 atom stereocenters. The molecule has 0 aliphatic heterocycles. The molecule has 0 heterocycles. The molecule has 4 rings (SSSR count). The third-order valence-corrected chi connectivity index (χ3v) is 6.96. The van der Waals surface area contributed by atoms with Gasteiger partial charge in [0.25, 0.3) is 5.91 Å². The normalized spacial score (nSPS) is 16.1. The number of anilines is 1. The van der Waals surface area contributed by atoms with Crippen LogP contribution in [0.2, 0.25) is 0 Å². The van der Waals surface area contributed by atoms with E-state index in [1.807, 2.05) is 36.4 Å². The second-order valence-electron chi connectivity index (χ2n) is 10.6. The molecular formula is C30H32N2O4. The summed E-state index contributed by atoms with van der Waals surface area (Å²) in [5.74, 6) is -1.46. The molecule has 1 aliphatic carbocycles. The lowest BCUT2D eigenvalue weighted by atomic mass is 9.63. The molecule has 0 saturated carbocycles. The SMILES string of the molecule is CC1(C)CCC(C)(C)c2cc(/C(=N\OCc3ccccc3)C(=O)Nc3ccc(C(=O)O)cc3)ccc21. The molecule has 6 heteroatoms. The topological polar surface area (TPSA) is 88.0 Å². The Labute approximate surface area is 212 Å². The highest BCUT2D eigenvalue weighted by Crippen LogP contribution is 2.46. The maximum absolute atomic E-state index is 13.4. The molecule has 186 valence electrons. The number of carbonyl (C=O) groups is 2. The lowest BCUT2D eigenvalue weighted by molar-refractivity contribution is -0.110. The smallest absolute Gasteiger partial charge is 0.335 e. The highest BCUT2D eigenvalue weighted by Gasteiger charge is 2.37. The number of carboxylic acids is 1. The molecule has 0 fully saturated rings. The molecule has 36 heavy (non-hydrogen) atoms. The number of amides is 1. The van der Waals surface area contributed by atoms with E-state index in [1.165, 1.54) is 23.3 Å². The summed E-state index contributed by atoms with van der Waals surface area (Å²) >= 11 is 0. The molecule has 0 saturated heterocycles. The zero-order chi connectivity index (χ0) is 25.9. The maximum atomic E-state index is 13.4. The quantitative estimate of drug-likeness (QED) is 0.305. The number of rotatable bonds is 7. The van der Waals surface area contributed by atoms with E-state index in [-0.39, 0.29) is 28.7 Å². The molecule has 0 aromatic heterocycles. The van der Waals surface area contributed by atoms with Crippen LogP contribution in [-0.4, -0.2) is 22.7 Å². The number of hydrogen-bond donors (Lipinski definition) is 2. The molecule has 1 amide bonds. The molecular weight excluding hydrogens is 452 g/mol. The summed E-state index contributed by atoms with van der Waals surface area (Å²) in [5.41, 5.74) is 4.93. The van der Waals surface area contributed by atoms with Crippen LogP contribution >= 0.6 is 0 Å². The predicted molar refractivity (Wildman–Crippen MR) is 142 cm³/mol. The van der Waals surface area contributed by atoms with Crippen LogP contribution in [0.25, 0.3) is 0 Å². The largest absolute Gasteiger partial charge is 0.478 e. The summed E-state index contributed by atoms with van der Waals surface area (Å²) in [6, 6.07) is 21.7. The van der Waals surface area contributed by atoms with Crippen LogP contribution in [0.5, 0.6) is 0 Å². The van der Waals surface area contributed by atoms with E-state index < -0.39 is 11.9 Å². The highest BCUT2D eigenvalue weighted by molar-refractivity contribution is 6.48. The highest BCUT2D eigenvalue weighted by atomic mass is 16.6. The van der Waals surface area contributed by atoms with E-state index in [0.29, 0.717) is 11.3 Å². The summed E-state index contributed by atoms with van der Waals surface area (Å²) < 4.78 is 0. The van der Waals surface area contributed by atoms with E-state index in [0.717, 1.165) is 18.4 Å². The van der Waals surface area contributed by atoms with Crippen LogP contribution in [0.3, 0.4) is 0 Å². The minimum absolute atomic E-state index is 0.0278. The molecule has 1 aliphatic rings. The Kier molecular flexibility index (Phi) is 6.97. The summed E-state index contributed by atoms with van der Waals surface area (Å²) in [5, 5.41) is 16.2. The first-order chi connectivity index (χ1) is 17.1. The van der Waals surface area contributed by atoms with Crippen LogP contribution in [0.15, 0.2) is 78.0 Å². The Hall–Kier alpha value is -3.93. The molecule has 0 bridgehead atoms. The average Bonchev–Trinajstić information content (AvgIpc) is 2.85. The molecule has 3 aromatic carbocycles. The Bertz CT molecular complexity index is 1290. The van der Waals surface area contributed by atoms with Crippen LogP contribution in [-0.2, 0) is 27.1 Å². The lowest BCUT2D eigenvalue weighted by Crippen LogP contribution is -2.34. The number of benzene rings is 3. The fourth-order valence-corrected chi connectivity index (χ4v) is 4.59. The monoisotopic (exact) mass is 484 g/mol. The van der Waals surface area contributed by atoms with Crippen LogP contribution in [0.1, 0.15) is 73.1 Å². The van der Waals surface area contributed by atoms with Gasteiger partial charge in [-0.15, -0.1) is 0 Å². The molecule has 6 nitrogen and oxygen atoms in total. The van der Waals surface area contributed by atoms with Crippen LogP contribution < -0.4 is 5.32 Å². The number of aromatic carboxylic acids is 1. The Morgan fingerprint density at radius 3 is 2.11 bits per heavy atom. The van der Waals surface area contributed by atoms with Gasteiger partial charge in [0, 0.05) is 11.3 Å². The van der Waals surface area contributed by atoms with Crippen molar-refractivity contribution in [2.75, 3.05) is 5.32 Å². The van der Waals surface area contributed by atoms with Gasteiger partial charge in [-0.1, -0.05) is 75.3 Å². The minimum Gasteiger partial charge on any atom is -0.478 e.